The van der Waals surface area contributed by atoms with Gasteiger partial charge in [-0.05, 0) is 61.7 Å². The normalized spacial score (nSPS) is 15.2. The first-order valence-corrected chi connectivity index (χ1v) is 9.57. The van der Waals surface area contributed by atoms with E-state index in [1.807, 2.05) is 32.0 Å². The van der Waals surface area contributed by atoms with E-state index < -0.39 is 0 Å². The summed E-state index contributed by atoms with van der Waals surface area (Å²) in [6.07, 6.45) is 0.795. The maximum Gasteiger partial charge on any atom is 0.253 e. The van der Waals surface area contributed by atoms with Crippen molar-refractivity contribution in [1.82, 2.24) is 9.80 Å². The highest BCUT2D eigenvalue weighted by Gasteiger charge is 2.21. The molecule has 2 amide bonds. The minimum Gasteiger partial charge on any atom is -0.337 e. The van der Waals surface area contributed by atoms with E-state index in [1.54, 1.807) is 4.90 Å². The van der Waals surface area contributed by atoms with Gasteiger partial charge in [-0.25, -0.2) is 4.39 Å². The fourth-order valence-electron chi connectivity index (χ4n) is 3.39. The maximum absolute atomic E-state index is 13.1. The molecule has 2 aromatic rings. The first kappa shape index (κ1) is 20.0. The Morgan fingerprint density at radius 2 is 1.75 bits per heavy atom. The smallest absolute Gasteiger partial charge is 0.253 e. The Balaban J connectivity index is 1.54. The second-order valence-electron chi connectivity index (χ2n) is 7.22. The lowest BCUT2D eigenvalue weighted by Gasteiger charge is -2.22. The number of hydrogen-bond acceptors (Lipinski definition) is 3. The van der Waals surface area contributed by atoms with Crippen molar-refractivity contribution in [3.05, 3.63) is 65.0 Å². The molecule has 0 unspecified atom stereocenters. The van der Waals surface area contributed by atoms with Gasteiger partial charge in [0.05, 0.1) is 6.54 Å². The molecule has 1 N–H and O–H groups in total. The van der Waals surface area contributed by atoms with Crippen LogP contribution in [0, 0.1) is 19.7 Å². The fraction of sp³-hybridized carbons (Fsp3) is 0.364. The van der Waals surface area contributed by atoms with Crippen LogP contribution < -0.4 is 5.32 Å². The molecular formula is C22H26FN3O2. The average Bonchev–Trinajstić information content (AvgIpc) is 2.91. The van der Waals surface area contributed by atoms with Gasteiger partial charge in [0.25, 0.3) is 5.91 Å². The first-order chi connectivity index (χ1) is 13.4. The zero-order chi connectivity index (χ0) is 20.1. The second-order valence-corrected chi connectivity index (χ2v) is 7.22. The number of carbonyl (C=O) groups excluding carboxylic acids is 2. The Hall–Kier alpha value is -2.73. The monoisotopic (exact) mass is 383 g/mol. The van der Waals surface area contributed by atoms with Crippen molar-refractivity contribution in [2.75, 3.05) is 38.0 Å². The summed E-state index contributed by atoms with van der Waals surface area (Å²) in [6.45, 7) is 6.88. The molecule has 28 heavy (non-hydrogen) atoms. The molecule has 0 aromatic heterocycles. The SMILES string of the molecule is Cc1cccc(NC(=O)CN2CCCN(C(=O)c3ccc(F)cc3)CC2)c1C. The van der Waals surface area contributed by atoms with Crippen molar-refractivity contribution in [3.63, 3.8) is 0 Å². The highest BCUT2D eigenvalue weighted by molar-refractivity contribution is 5.94. The number of anilines is 1. The van der Waals surface area contributed by atoms with Crippen LogP contribution in [0.1, 0.15) is 27.9 Å². The Labute approximate surface area is 165 Å². The summed E-state index contributed by atoms with van der Waals surface area (Å²) in [6, 6.07) is 11.5. The Kier molecular flexibility index (Phi) is 6.41. The van der Waals surface area contributed by atoms with Gasteiger partial charge in [0, 0.05) is 37.4 Å². The molecule has 0 bridgehead atoms. The zero-order valence-electron chi connectivity index (χ0n) is 16.4. The van der Waals surface area contributed by atoms with E-state index in [2.05, 4.69) is 10.2 Å². The summed E-state index contributed by atoms with van der Waals surface area (Å²) in [5, 5.41) is 2.99. The molecule has 1 aliphatic rings. The molecule has 1 saturated heterocycles. The third-order valence-electron chi connectivity index (χ3n) is 5.21. The first-order valence-electron chi connectivity index (χ1n) is 9.57. The van der Waals surface area contributed by atoms with Crippen LogP contribution in [-0.4, -0.2) is 54.3 Å². The van der Waals surface area contributed by atoms with E-state index in [4.69, 9.17) is 0 Å². The quantitative estimate of drug-likeness (QED) is 0.882. The van der Waals surface area contributed by atoms with Gasteiger partial charge in [0.2, 0.25) is 5.91 Å². The third kappa shape index (κ3) is 4.95. The van der Waals surface area contributed by atoms with Crippen molar-refractivity contribution >= 4 is 17.5 Å². The van der Waals surface area contributed by atoms with Gasteiger partial charge in [0.1, 0.15) is 5.82 Å². The molecular weight excluding hydrogens is 357 g/mol. The maximum atomic E-state index is 13.1. The number of nitrogens with one attached hydrogen (secondary N) is 1. The number of aryl methyl sites for hydroxylation is 1. The van der Waals surface area contributed by atoms with Gasteiger partial charge in [-0.15, -0.1) is 0 Å². The Morgan fingerprint density at radius 1 is 1.00 bits per heavy atom. The summed E-state index contributed by atoms with van der Waals surface area (Å²) in [5.41, 5.74) is 3.54. The lowest BCUT2D eigenvalue weighted by Crippen LogP contribution is -2.38. The van der Waals surface area contributed by atoms with Crippen LogP contribution in [0.15, 0.2) is 42.5 Å². The standard InChI is InChI=1S/C22H26FN3O2/c1-16-5-3-6-20(17(16)2)24-21(27)15-25-11-4-12-26(14-13-25)22(28)18-7-9-19(23)10-8-18/h3,5-10H,4,11-15H2,1-2H3,(H,24,27). The number of hydrogen-bond donors (Lipinski definition) is 1. The molecule has 0 radical (unpaired) electrons. The van der Waals surface area contributed by atoms with Crippen LogP contribution in [0.3, 0.4) is 0 Å². The van der Waals surface area contributed by atoms with Crippen molar-refractivity contribution in [2.45, 2.75) is 20.3 Å². The average molecular weight is 383 g/mol. The van der Waals surface area contributed by atoms with Gasteiger partial charge in [-0.2, -0.15) is 0 Å². The van der Waals surface area contributed by atoms with Crippen LogP contribution >= 0.6 is 0 Å². The van der Waals surface area contributed by atoms with E-state index >= 15 is 0 Å². The van der Waals surface area contributed by atoms with Crippen LogP contribution in [0.2, 0.25) is 0 Å². The number of carbonyl (C=O) groups is 2. The number of benzene rings is 2. The van der Waals surface area contributed by atoms with Crippen LogP contribution in [0.25, 0.3) is 0 Å². The second kappa shape index (κ2) is 8.97. The Morgan fingerprint density at radius 3 is 2.50 bits per heavy atom. The zero-order valence-corrected chi connectivity index (χ0v) is 16.4. The molecule has 0 spiro atoms. The minimum atomic E-state index is -0.353. The topological polar surface area (TPSA) is 52.7 Å². The molecule has 1 fully saturated rings. The lowest BCUT2D eigenvalue weighted by molar-refractivity contribution is -0.117. The van der Waals surface area contributed by atoms with E-state index in [-0.39, 0.29) is 17.6 Å². The van der Waals surface area contributed by atoms with Crippen LogP contribution in [0.5, 0.6) is 0 Å². The summed E-state index contributed by atoms with van der Waals surface area (Å²) in [5.74, 6) is -0.498. The molecule has 0 aliphatic carbocycles. The summed E-state index contributed by atoms with van der Waals surface area (Å²) < 4.78 is 13.1. The summed E-state index contributed by atoms with van der Waals surface area (Å²) in [7, 11) is 0. The predicted octanol–water partition coefficient (Wildman–Crippen LogP) is 3.23. The molecule has 6 heteroatoms. The van der Waals surface area contributed by atoms with Gasteiger partial charge in [0.15, 0.2) is 0 Å². The molecule has 0 saturated carbocycles. The van der Waals surface area contributed by atoms with E-state index in [9.17, 15) is 14.0 Å². The number of halogens is 1. The van der Waals surface area contributed by atoms with E-state index in [0.717, 1.165) is 29.8 Å². The number of nitrogens with zero attached hydrogens (tertiary/aromatic N) is 2. The molecule has 148 valence electrons. The van der Waals surface area contributed by atoms with E-state index in [1.165, 1.54) is 24.3 Å². The molecule has 1 heterocycles. The molecule has 3 rings (SSSR count). The number of rotatable bonds is 4. The van der Waals surface area contributed by atoms with Crippen molar-refractivity contribution in [2.24, 2.45) is 0 Å². The van der Waals surface area contributed by atoms with Gasteiger partial charge in [-0.3, -0.25) is 14.5 Å². The molecule has 0 atom stereocenters. The van der Waals surface area contributed by atoms with Gasteiger partial charge in [-0.1, -0.05) is 12.1 Å². The minimum absolute atomic E-state index is 0.0491. The molecule has 1 aliphatic heterocycles. The van der Waals surface area contributed by atoms with Gasteiger partial charge >= 0.3 is 0 Å². The van der Waals surface area contributed by atoms with Gasteiger partial charge < -0.3 is 10.2 Å². The van der Waals surface area contributed by atoms with Crippen molar-refractivity contribution in [3.8, 4) is 0 Å². The van der Waals surface area contributed by atoms with Crippen molar-refractivity contribution < 1.29 is 14.0 Å². The predicted molar refractivity (Wildman–Crippen MR) is 108 cm³/mol. The van der Waals surface area contributed by atoms with Crippen molar-refractivity contribution in [1.29, 1.82) is 0 Å². The molecule has 5 nitrogen and oxygen atoms in total. The lowest BCUT2D eigenvalue weighted by atomic mass is 10.1. The Bertz CT molecular complexity index is 851. The summed E-state index contributed by atoms with van der Waals surface area (Å²) in [4.78, 5) is 28.9. The highest BCUT2D eigenvalue weighted by Crippen LogP contribution is 2.18. The fourth-order valence-corrected chi connectivity index (χ4v) is 3.39. The molecule has 2 aromatic carbocycles. The number of amides is 2. The van der Waals surface area contributed by atoms with Crippen LogP contribution in [0.4, 0.5) is 10.1 Å². The van der Waals surface area contributed by atoms with Crippen LogP contribution in [-0.2, 0) is 4.79 Å². The highest BCUT2D eigenvalue weighted by atomic mass is 19.1. The van der Waals surface area contributed by atoms with E-state index in [0.29, 0.717) is 31.7 Å². The largest absolute Gasteiger partial charge is 0.337 e. The third-order valence-corrected chi connectivity index (χ3v) is 5.21. The summed E-state index contributed by atoms with van der Waals surface area (Å²) >= 11 is 0.